The minimum atomic E-state index is -0.509. The molecule has 0 aliphatic rings. The molecule has 1 rings (SSSR count). The third-order valence-electron chi connectivity index (χ3n) is 1.90. The molecule has 0 fully saturated rings. The van der Waals surface area contributed by atoms with Gasteiger partial charge < -0.3 is 5.32 Å². The normalized spacial score (nSPS) is 9.33. The van der Waals surface area contributed by atoms with E-state index in [-0.39, 0.29) is 5.69 Å². The highest BCUT2D eigenvalue weighted by Crippen LogP contribution is 2.21. The third kappa shape index (κ3) is 2.68. The number of nitro groups is 1. The Hall–Kier alpha value is -2.09. The van der Waals surface area contributed by atoms with E-state index in [0.717, 1.165) is 13.0 Å². The molecule has 5 nitrogen and oxygen atoms in total. The van der Waals surface area contributed by atoms with Gasteiger partial charge in [0, 0.05) is 18.7 Å². The van der Waals surface area contributed by atoms with Crippen molar-refractivity contribution in [1.29, 1.82) is 5.26 Å². The van der Waals surface area contributed by atoms with Gasteiger partial charge in [-0.15, -0.1) is 0 Å². The number of benzene rings is 1. The van der Waals surface area contributed by atoms with Crippen LogP contribution < -0.4 is 5.32 Å². The number of nitriles is 1. The highest BCUT2D eigenvalue weighted by molar-refractivity contribution is 5.61. The first-order valence-electron chi connectivity index (χ1n) is 4.61. The lowest BCUT2D eigenvalue weighted by Crippen LogP contribution is -2.02. The maximum atomic E-state index is 10.5. The van der Waals surface area contributed by atoms with E-state index in [2.05, 4.69) is 5.32 Å². The summed E-state index contributed by atoms with van der Waals surface area (Å²) in [6.07, 6.45) is 0.932. The van der Waals surface area contributed by atoms with E-state index in [4.69, 9.17) is 5.26 Å². The van der Waals surface area contributed by atoms with Crippen LogP contribution in [0.4, 0.5) is 11.4 Å². The maximum Gasteiger partial charge on any atom is 0.270 e. The molecular weight excluding hydrogens is 194 g/mol. The highest BCUT2D eigenvalue weighted by atomic mass is 16.6. The zero-order valence-corrected chi connectivity index (χ0v) is 8.36. The van der Waals surface area contributed by atoms with Crippen LogP contribution in [0, 0.1) is 21.4 Å². The molecule has 0 amide bonds. The molecule has 0 heterocycles. The van der Waals surface area contributed by atoms with E-state index in [1.54, 1.807) is 6.07 Å². The second-order valence-electron chi connectivity index (χ2n) is 3.03. The minimum Gasteiger partial charge on any atom is -0.384 e. The molecule has 1 N–H and O–H groups in total. The lowest BCUT2D eigenvalue weighted by atomic mass is 10.1. The van der Waals surface area contributed by atoms with Crippen molar-refractivity contribution < 1.29 is 4.92 Å². The van der Waals surface area contributed by atoms with Crippen LogP contribution in [0.1, 0.15) is 18.9 Å². The smallest absolute Gasteiger partial charge is 0.270 e. The Bertz CT molecular complexity index is 410. The van der Waals surface area contributed by atoms with Crippen LogP contribution in [0.2, 0.25) is 0 Å². The van der Waals surface area contributed by atoms with Crippen molar-refractivity contribution in [3.63, 3.8) is 0 Å². The van der Waals surface area contributed by atoms with Gasteiger partial charge in [-0.3, -0.25) is 10.1 Å². The van der Waals surface area contributed by atoms with Gasteiger partial charge in [0.15, 0.2) is 0 Å². The monoisotopic (exact) mass is 205 g/mol. The Morgan fingerprint density at radius 1 is 1.60 bits per heavy atom. The Labute approximate surface area is 87.5 Å². The van der Waals surface area contributed by atoms with Gasteiger partial charge in [0.2, 0.25) is 0 Å². The SMILES string of the molecule is CCCNc1ccc([N+](=O)[O-])cc1C#N. The fourth-order valence-electron chi connectivity index (χ4n) is 1.15. The van der Waals surface area contributed by atoms with Gasteiger partial charge in [-0.1, -0.05) is 6.92 Å². The third-order valence-corrected chi connectivity index (χ3v) is 1.90. The molecule has 78 valence electrons. The number of rotatable bonds is 4. The molecule has 1 aromatic carbocycles. The molecule has 0 spiro atoms. The molecule has 0 aromatic heterocycles. The first-order valence-corrected chi connectivity index (χ1v) is 4.61. The van der Waals surface area contributed by atoms with Gasteiger partial charge >= 0.3 is 0 Å². The van der Waals surface area contributed by atoms with E-state index in [1.807, 2.05) is 13.0 Å². The first kappa shape index (κ1) is 11.0. The summed E-state index contributed by atoms with van der Waals surface area (Å²) in [5, 5.41) is 22.3. The van der Waals surface area contributed by atoms with Crippen LogP contribution >= 0.6 is 0 Å². The summed E-state index contributed by atoms with van der Waals surface area (Å²) >= 11 is 0. The van der Waals surface area contributed by atoms with Crippen LogP contribution in [0.5, 0.6) is 0 Å². The van der Waals surface area contributed by atoms with Crippen LogP contribution in [0.3, 0.4) is 0 Å². The number of hydrogen-bond donors (Lipinski definition) is 1. The Balaban J connectivity index is 3.00. The number of nitrogens with one attached hydrogen (secondary N) is 1. The molecule has 1 aromatic rings. The van der Waals surface area contributed by atoms with E-state index < -0.39 is 4.92 Å². The quantitative estimate of drug-likeness (QED) is 0.604. The minimum absolute atomic E-state index is 0.0615. The van der Waals surface area contributed by atoms with Crippen molar-refractivity contribution in [3.05, 3.63) is 33.9 Å². The summed E-state index contributed by atoms with van der Waals surface area (Å²) in [7, 11) is 0. The molecule has 0 aliphatic carbocycles. The molecule has 0 bridgehead atoms. The second kappa shape index (κ2) is 4.96. The zero-order valence-electron chi connectivity index (χ0n) is 8.36. The molecule has 15 heavy (non-hydrogen) atoms. The largest absolute Gasteiger partial charge is 0.384 e. The molecule has 0 aliphatic heterocycles. The van der Waals surface area contributed by atoms with Crippen LogP contribution in [0.25, 0.3) is 0 Å². The highest BCUT2D eigenvalue weighted by Gasteiger charge is 2.09. The molecule has 0 saturated carbocycles. The number of nitrogens with zero attached hydrogens (tertiary/aromatic N) is 2. The average Bonchev–Trinajstić information content (AvgIpc) is 2.25. The predicted molar refractivity (Wildman–Crippen MR) is 56.6 cm³/mol. The van der Waals surface area contributed by atoms with Gasteiger partial charge in [-0.2, -0.15) is 5.26 Å². The van der Waals surface area contributed by atoms with Crippen molar-refractivity contribution in [3.8, 4) is 6.07 Å². The number of anilines is 1. The Morgan fingerprint density at radius 3 is 2.87 bits per heavy atom. The van der Waals surface area contributed by atoms with Crippen molar-refractivity contribution in [2.45, 2.75) is 13.3 Å². The van der Waals surface area contributed by atoms with Crippen molar-refractivity contribution in [1.82, 2.24) is 0 Å². The molecular formula is C10H11N3O2. The van der Waals surface area contributed by atoms with Gasteiger partial charge in [-0.25, -0.2) is 0 Å². The van der Waals surface area contributed by atoms with E-state index in [9.17, 15) is 10.1 Å². The Morgan fingerprint density at radius 2 is 2.33 bits per heavy atom. The van der Waals surface area contributed by atoms with E-state index in [0.29, 0.717) is 11.3 Å². The van der Waals surface area contributed by atoms with Crippen LogP contribution in [-0.4, -0.2) is 11.5 Å². The summed E-state index contributed by atoms with van der Waals surface area (Å²) in [5.41, 5.74) is 0.885. The van der Waals surface area contributed by atoms with Gasteiger partial charge in [-0.05, 0) is 12.5 Å². The lowest BCUT2D eigenvalue weighted by Gasteiger charge is -2.05. The van der Waals surface area contributed by atoms with Gasteiger partial charge in [0.1, 0.15) is 6.07 Å². The number of hydrogen-bond acceptors (Lipinski definition) is 4. The second-order valence-corrected chi connectivity index (χ2v) is 3.03. The zero-order chi connectivity index (χ0) is 11.3. The molecule has 5 heteroatoms. The van der Waals surface area contributed by atoms with Crippen LogP contribution in [-0.2, 0) is 0 Å². The standard InChI is InChI=1S/C10H11N3O2/c1-2-5-12-10-4-3-9(13(14)15)6-8(10)7-11/h3-4,6,12H,2,5H2,1H3. The van der Waals surface area contributed by atoms with Gasteiger partial charge in [0.05, 0.1) is 16.2 Å². The predicted octanol–water partition coefficient (Wildman–Crippen LogP) is 2.29. The summed E-state index contributed by atoms with van der Waals surface area (Å²) in [6.45, 7) is 2.75. The van der Waals surface area contributed by atoms with E-state index in [1.165, 1.54) is 12.1 Å². The molecule has 0 atom stereocenters. The van der Waals surface area contributed by atoms with Crippen LogP contribution in [0.15, 0.2) is 18.2 Å². The van der Waals surface area contributed by atoms with Crippen molar-refractivity contribution in [2.24, 2.45) is 0 Å². The van der Waals surface area contributed by atoms with E-state index >= 15 is 0 Å². The fraction of sp³-hybridized carbons (Fsp3) is 0.300. The average molecular weight is 205 g/mol. The molecule has 0 radical (unpaired) electrons. The summed E-state index contributed by atoms with van der Waals surface area (Å²) < 4.78 is 0. The van der Waals surface area contributed by atoms with Crippen molar-refractivity contribution >= 4 is 11.4 Å². The lowest BCUT2D eigenvalue weighted by molar-refractivity contribution is -0.384. The molecule has 0 saturated heterocycles. The summed E-state index contributed by atoms with van der Waals surface area (Å²) in [4.78, 5) is 9.96. The first-order chi connectivity index (χ1) is 7.19. The fourth-order valence-corrected chi connectivity index (χ4v) is 1.15. The topological polar surface area (TPSA) is 79.0 Å². The molecule has 0 unspecified atom stereocenters. The maximum absolute atomic E-state index is 10.5. The van der Waals surface area contributed by atoms with Gasteiger partial charge in [0.25, 0.3) is 5.69 Å². The number of nitro benzene ring substituents is 1. The van der Waals surface area contributed by atoms with Crippen molar-refractivity contribution in [2.75, 3.05) is 11.9 Å². The summed E-state index contributed by atoms with van der Waals surface area (Å²) in [6, 6.07) is 6.16. The summed E-state index contributed by atoms with van der Waals surface area (Å²) in [5.74, 6) is 0. The number of non-ortho nitro benzene ring substituents is 1. The Kier molecular flexibility index (Phi) is 3.63.